The number of benzene rings is 1. The van der Waals surface area contributed by atoms with Gasteiger partial charge in [0.1, 0.15) is 0 Å². The van der Waals surface area contributed by atoms with E-state index in [1.807, 2.05) is 6.20 Å². The molecule has 0 amide bonds. The number of rotatable bonds is 4. The zero-order chi connectivity index (χ0) is 11.4. The van der Waals surface area contributed by atoms with Crippen LogP contribution in [0.5, 0.6) is 0 Å². The first-order chi connectivity index (χ1) is 7.83. The SMILES string of the molecule is CCCCC(C)c1nccc2ccccc12. The van der Waals surface area contributed by atoms with E-state index in [1.54, 1.807) is 0 Å². The van der Waals surface area contributed by atoms with Gasteiger partial charge < -0.3 is 0 Å². The zero-order valence-electron chi connectivity index (χ0n) is 10.1. The summed E-state index contributed by atoms with van der Waals surface area (Å²) >= 11 is 0. The van der Waals surface area contributed by atoms with E-state index in [0.717, 1.165) is 0 Å². The Labute approximate surface area is 97.5 Å². The highest BCUT2D eigenvalue weighted by molar-refractivity contribution is 5.84. The molecule has 0 radical (unpaired) electrons. The number of aromatic nitrogens is 1. The molecule has 84 valence electrons. The second-order valence-electron chi connectivity index (χ2n) is 4.46. The van der Waals surface area contributed by atoms with Crippen LogP contribution in [0.3, 0.4) is 0 Å². The predicted octanol–water partition coefficient (Wildman–Crippen LogP) is 4.53. The van der Waals surface area contributed by atoms with Gasteiger partial charge in [0.15, 0.2) is 0 Å². The summed E-state index contributed by atoms with van der Waals surface area (Å²) in [6.07, 6.45) is 5.71. The average molecular weight is 213 g/mol. The second-order valence-corrected chi connectivity index (χ2v) is 4.46. The monoisotopic (exact) mass is 213 g/mol. The van der Waals surface area contributed by atoms with Crippen molar-refractivity contribution in [2.24, 2.45) is 0 Å². The summed E-state index contributed by atoms with van der Waals surface area (Å²) in [5, 5.41) is 2.62. The van der Waals surface area contributed by atoms with Gasteiger partial charge in [-0.15, -0.1) is 0 Å². The Bertz CT molecular complexity index is 456. The van der Waals surface area contributed by atoms with Crippen LogP contribution in [0.2, 0.25) is 0 Å². The molecule has 0 fully saturated rings. The summed E-state index contributed by atoms with van der Waals surface area (Å²) in [6.45, 7) is 4.52. The van der Waals surface area contributed by atoms with Crippen molar-refractivity contribution in [1.29, 1.82) is 0 Å². The molecule has 0 saturated carbocycles. The first kappa shape index (κ1) is 11.1. The minimum absolute atomic E-state index is 0.561. The Balaban J connectivity index is 2.36. The van der Waals surface area contributed by atoms with Gasteiger partial charge in [0.05, 0.1) is 5.69 Å². The normalized spacial score (nSPS) is 12.9. The van der Waals surface area contributed by atoms with Crippen LogP contribution >= 0.6 is 0 Å². The molecule has 16 heavy (non-hydrogen) atoms. The molecule has 0 saturated heterocycles. The largest absolute Gasteiger partial charge is 0.260 e. The molecular weight excluding hydrogens is 194 g/mol. The Morgan fingerprint density at radius 3 is 2.81 bits per heavy atom. The molecule has 1 aromatic heterocycles. The van der Waals surface area contributed by atoms with E-state index in [4.69, 9.17) is 0 Å². The average Bonchev–Trinajstić information content (AvgIpc) is 2.35. The smallest absolute Gasteiger partial charge is 0.0509 e. The van der Waals surface area contributed by atoms with Gasteiger partial charge >= 0.3 is 0 Å². The van der Waals surface area contributed by atoms with Gasteiger partial charge in [-0.1, -0.05) is 51.0 Å². The van der Waals surface area contributed by atoms with Crippen molar-refractivity contribution in [2.45, 2.75) is 39.0 Å². The third kappa shape index (κ3) is 2.24. The van der Waals surface area contributed by atoms with E-state index in [0.29, 0.717) is 5.92 Å². The van der Waals surface area contributed by atoms with E-state index in [-0.39, 0.29) is 0 Å². The highest BCUT2D eigenvalue weighted by Gasteiger charge is 2.09. The Morgan fingerprint density at radius 2 is 2.00 bits per heavy atom. The van der Waals surface area contributed by atoms with Gasteiger partial charge in [-0.05, 0) is 23.8 Å². The lowest BCUT2D eigenvalue weighted by Crippen LogP contribution is -1.98. The zero-order valence-corrected chi connectivity index (χ0v) is 10.1. The molecule has 1 nitrogen and oxygen atoms in total. The van der Waals surface area contributed by atoms with Gasteiger partial charge in [0.2, 0.25) is 0 Å². The molecule has 0 bridgehead atoms. The van der Waals surface area contributed by atoms with Gasteiger partial charge in [-0.25, -0.2) is 0 Å². The Kier molecular flexibility index (Phi) is 3.55. The van der Waals surface area contributed by atoms with Crippen molar-refractivity contribution in [3.8, 4) is 0 Å². The Hall–Kier alpha value is -1.37. The maximum atomic E-state index is 4.56. The third-order valence-corrected chi connectivity index (χ3v) is 3.16. The summed E-state index contributed by atoms with van der Waals surface area (Å²) in [5.74, 6) is 0.561. The van der Waals surface area contributed by atoms with E-state index in [1.165, 1.54) is 35.7 Å². The van der Waals surface area contributed by atoms with E-state index >= 15 is 0 Å². The highest BCUT2D eigenvalue weighted by atomic mass is 14.7. The molecule has 0 spiro atoms. The van der Waals surface area contributed by atoms with Crippen LogP contribution in [0.4, 0.5) is 0 Å². The van der Waals surface area contributed by atoms with E-state index in [2.05, 4.69) is 49.2 Å². The first-order valence-electron chi connectivity index (χ1n) is 6.16. The molecule has 0 aliphatic heterocycles. The predicted molar refractivity (Wildman–Crippen MR) is 69.7 cm³/mol. The molecule has 1 unspecified atom stereocenters. The van der Waals surface area contributed by atoms with E-state index in [9.17, 15) is 0 Å². The van der Waals surface area contributed by atoms with Crippen LogP contribution in [0.15, 0.2) is 36.5 Å². The fourth-order valence-electron chi connectivity index (χ4n) is 2.18. The van der Waals surface area contributed by atoms with Crippen LogP contribution in [-0.4, -0.2) is 4.98 Å². The van der Waals surface area contributed by atoms with Crippen molar-refractivity contribution in [3.05, 3.63) is 42.2 Å². The lowest BCUT2D eigenvalue weighted by molar-refractivity contribution is 0.615. The third-order valence-electron chi connectivity index (χ3n) is 3.16. The van der Waals surface area contributed by atoms with Crippen LogP contribution in [0.1, 0.15) is 44.7 Å². The molecule has 1 heterocycles. The molecular formula is C15H19N. The Morgan fingerprint density at radius 1 is 1.19 bits per heavy atom. The van der Waals surface area contributed by atoms with Gasteiger partial charge in [0.25, 0.3) is 0 Å². The summed E-state index contributed by atoms with van der Waals surface area (Å²) in [6, 6.07) is 10.6. The lowest BCUT2D eigenvalue weighted by Gasteiger charge is -2.12. The number of hydrogen-bond donors (Lipinski definition) is 0. The maximum absolute atomic E-state index is 4.56. The molecule has 1 aromatic carbocycles. The van der Waals surface area contributed by atoms with Crippen molar-refractivity contribution in [3.63, 3.8) is 0 Å². The standard InChI is InChI=1S/C15H19N/c1-3-4-7-12(2)15-14-9-6-5-8-13(14)10-11-16-15/h5-6,8-12H,3-4,7H2,1-2H3. The van der Waals surface area contributed by atoms with Crippen LogP contribution in [0, 0.1) is 0 Å². The molecule has 0 aliphatic rings. The lowest BCUT2D eigenvalue weighted by atomic mass is 9.96. The topological polar surface area (TPSA) is 12.9 Å². The number of unbranched alkanes of at least 4 members (excludes halogenated alkanes) is 1. The van der Waals surface area contributed by atoms with Crippen LogP contribution in [-0.2, 0) is 0 Å². The number of hydrogen-bond acceptors (Lipinski definition) is 1. The van der Waals surface area contributed by atoms with Gasteiger partial charge in [-0.3, -0.25) is 4.98 Å². The molecule has 0 N–H and O–H groups in total. The quantitative estimate of drug-likeness (QED) is 0.727. The van der Waals surface area contributed by atoms with Crippen molar-refractivity contribution >= 4 is 10.8 Å². The summed E-state index contributed by atoms with van der Waals surface area (Å²) in [4.78, 5) is 4.56. The van der Waals surface area contributed by atoms with Gasteiger partial charge in [-0.2, -0.15) is 0 Å². The highest BCUT2D eigenvalue weighted by Crippen LogP contribution is 2.26. The molecule has 1 atom stereocenters. The minimum atomic E-state index is 0.561. The summed E-state index contributed by atoms with van der Waals surface area (Å²) in [7, 11) is 0. The molecule has 1 heteroatoms. The number of fused-ring (bicyclic) bond motifs is 1. The van der Waals surface area contributed by atoms with Crippen molar-refractivity contribution in [1.82, 2.24) is 4.98 Å². The summed E-state index contributed by atoms with van der Waals surface area (Å²) in [5.41, 5.74) is 1.26. The summed E-state index contributed by atoms with van der Waals surface area (Å²) < 4.78 is 0. The fraction of sp³-hybridized carbons (Fsp3) is 0.400. The maximum Gasteiger partial charge on any atom is 0.0509 e. The number of pyridine rings is 1. The fourth-order valence-corrected chi connectivity index (χ4v) is 2.18. The van der Waals surface area contributed by atoms with Crippen LogP contribution in [0.25, 0.3) is 10.8 Å². The van der Waals surface area contributed by atoms with E-state index < -0.39 is 0 Å². The van der Waals surface area contributed by atoms with Crippen LogP contribution < -0.4 is 0 Å². The first-order valence-corrected chi connectivity index (χ1v) is 6.16. The molecule has 0 aliphatic carbocycles. The van der Waals surface area contributed by atoms with Crippen molar-refractivity contribution in [2.75, 3.05) is 0 Å². The minimum Gasteiger partial charge on any atom is -0.260 e. The van der Waals surface area contributed by atoms with Crippen molar-refractivity contribution < 1.29 is 0 Å². The van der Waals surface area contributed by atoms with Gasteiger partial charge in [0, 0.05) is 11.6 Å². The molecule has 2 aromatic rings. The molecule has 2 rings (SSSR count). The number of nitrogens with zero attached hydrogens (tertiary/aromatic N) is 1. The second kappa shape index (κ2) is 5.11.